The molecule has 0 bridgehead atoms. The van der Waals surface area contributed by atoms with Gasteiger partial charge < -0.3 is 54.5 Å². The van der Waals surface area contributed by atoms with Crippen LogP contribution in [0, 0.1) is 11.6 Å². The number of carbonyl (C=O) groups excluding carboxylic acids is 4. The number of rotatable bonds is 14. The van der Waals surface area contributed by atoms with Gasteiger partial charge in [0.25, 0.3) is 10.1 Å². The first-order valence-electron chi connectivity index (χ1n) is 24.9. The molecule has 416 valence electrons. The van der Waals surface area contributed by atoms with Crippen LogP contribution in [0.4, 0.5) is 28.0 Å². The molecule has 5 N–H and O–H groups in total. The molecule has 6 aromatic rings. The minimum atomic E-state index is -3.89. The second-order valence-corrected chi connectivity index (χ2v) is 22.4. The van der Waals surface area contributed by atoms with Gasteiger partial charge in [-0.3, -0.25) is 4.18 Å². The van der Waals surface area contributed by atoms with Crippen molar-refractivity contribution in [2.75, 3.05) is 32.4 Å². The quantitative estimate of drug-likeness (QED) is 0.0507. The zero-order valence-corrected chi connectivity index (χ0v) is 44.3. The van der Waals surface area contributed by atoms with E-state index in [1.54, 1.807) is 66.1 Å². The molecule has 4 amide bonds. The minimum absolute atomic E-state index is 0. The Bertz CT molecular complexity index is 3070. The molecule has 2 aromatic heterocycles. The number of carbonyl (C=O) groups is 4. The molecular weight excluding hydrogens is 1020 g/mol. The van der Waals surface area contributed by atoms with Crippen LogP contribution in [-0.4, -0.2) is 126 Å². The number of nitrogens with zero attached hydrogens (tertiary/aromatic N) is 2. The molecule has 8 rings (SSSR count). The number of hydrogen-bond acceptors (Lipinski definition) is 12. The summed E-state index contributed by atoms with van der Waals surface area (Å²) in [6.07, 6.45) is 0.690. The number of benzene rings is 4. The van der Waals surface area contributed by atoms with Crippen molar-refractivity contribution in [3.8, 4) is 0 Å². The first-order chi connectivity index (χ1) is 35.9. The third kappa shape index (κ3) is 16.2. The number of aromatic amines is 2. The average Bonchev–Trinajstić information content (AvgIpc) is 4.19. The maximum absolute atomic E-state index is 14.0. The predicted octanol–water partition coefficient (Wildman–Crippen LogP) is 9.99. The summed E-state index contributed by atoms with van der Waals surface area (Å²) >= 11 is 0. The topological polar surface area (TPSA) is 231 Å². The predicted molar refractivity (Wildman–Crippen MR) is 286 cm³/mol. The van der Waals surface area contributed by atoms with E-state index < -0.39 is 87.6 Å². The van der Waals surface area contributed by atoms with Crippen LogP contribution in [-0.2, 0) is 46.5 Å². The van der Waals surface area contributed by atoms with Crippen molar-refractivity contribution < 1.29 is 64.6 Å². The van der Waals surface area contributed by atoms with Crippen molar-refractivity contribution in [3.05, 3.63) is 143 Å². The molecule has 0 spiro atoms. The van der Waals surface area contributed by atoms with Crippen molar-refractivity contribution in [2.45, 2.75) is 122 Å². The first kappa shape index (κ1) is 59.0. The van der Waals surface area contributed by atoms with E-state index in [1.165, 1.54) is 34.1 Å². The lowest BCUT2D eigenvalue weighted by Crippen LogP contribution is -2.49. The molecule has 77 heavy (non-hydrogen) atoms. The Kier molecular flexibility index (Phi) is 19.4. The number of alkyl carbamates (subject to hydrolysis) is 2. The highest BCUT2D eigenvalue weighted by atomic mass is 32.2. The van der Waals surface area contributed by atoms with Gasteiger partial charge >= 0.3 is 24.4 Å². The Morgan fingerprint density at radius 3 is 1.51 bits per heavy atom. The number of hydrogen-bond donors (Lipinski definition) is 5. The smallest absolute Gasteiger partial charge is 0.410 e. The zero-order chi connectivity index (χ0) is 55.0. The van der Waals surface area contributed by atoms with E-state index >= 15 is 0 Å². The van der Waals surface area contributed by atoms with E-state index in [9.17, 15) is 41.5 Å². The Morgan fingerprint density at radius 2 is 1.08 bits per heavy atom. The molecule has 2 aliphatic heterocycles. The van der Waals surface area contributed by atoms with Crippen LogP contribution in [0.1, 0.15) is 95.9 Å². The third-order valence-corrected chi connectivity index (χ3v) is 13.3. The number of aromatic nitrogens is 2. The lowest BCUT2D eigenvalue weighted by molar-refractivity contribution is 0.0115. The SMILES string of the molecule is C.CC(C)(C)OC(=O)N1CC[C@H](O)[C@H]1[C@H](CNC(=O)OCc1ccccc1)c1c[nH]c2cc(F)ccc12.CC(C)(C)OC(=O)N1CC[C@H](OS(C)(=O)=O)[C@H]1[C@H](CNC(=O)OCc1ccccc1)c1c[nH]c2cc(F)ccc12. The van der Waals surface area contributed by atoms with E-state index in [-0.39, 0.29) is 52.5 Å². The Balaban J connectivity index is 0.000000248. The van der Waals surface area contributed by atoms with Crippen molar-refractivity contribution in [1.29, 1.82) is 0 Å². The molecule has 6 atom stereocenters. The standard InChI is InChI=1S/C28H34FN3O7S.C27H32FN3O5.CH4/c1-28(2,3)38-27(34)32-13-12-24(39-40(4,35)36)25(32)22(21-15-30-23-14-19(29)10-11-20(21)23)16-31-26(33)37-17-18-8-6-5-7-9-18;1-27(2,3)36-26(34)31-12-11-23(32)24(31)21(20-14-29-22-13-18(28)9-10-19(20)22)15-30-25(33)35-16-17-7-5-4-6-8-17;/h5-11,14-15,22,24-25,30H,12-13,16-17H2,1-4H3,(H,31,33);4-10,13-14,21,23-24,29,32H,11-12,15-16H2,1-3H3,(H,30,33);1H4/t22-,24+,25-;21-,23+,24-;/m11./s1. The zero-order valence-electron chi connectivity index (χ0n) is 43.5. The van der Waals surface area contributed by atoms with Crippen molar-refractivity contribution in [2.24, 2.45) is 0 Å². The molecule has 0 unspecified atom stereocenters. The fraction of sp³-hybridized carbons (Fsp3) is 0.429. The number of fused-ring (bicyclic) bond motifs is 2. The molecule has 0 radical (unpaired) electrons. The highest BCUT2D eigenvalue weighted by Crippen LogP contribution is 2.39. The van der Waals surface area contributed by atoms with Crippen molar-refractivity contribution in [1.82, 2.24) is 30.4 Å². The summed E-state index contributed by atoms with van der Waals surface area (Å²) in [7, 11) is -3.89. The first-order valence-corrected chi connectivity index (χ1v) is 26.7. The van der Waals surface area contributed by atoms with Crippen LogP contribution >= 0.6 is 0 Å². The molecule has 2 saturated heterocycles. The van der Waals surface area contributed by atoms with Crippen molar-refractivity contribution in [3.63, 3.8) is 0 Å². The minimum Gasteiger partial charge on any atom is -0.445 e. The van der Waals surface area contributed by atoms with Crippen LogP contribution in [0.3, 0.4) is 0 Å². The number of ether oxygens (including phenoxy) is 4. The molecule has 2 fully saturated rings. The molecule has 21 heteroatoms. The van der Waals surface area contributed by atoms with Crippen molar-refractivity contribution >= 4 is 56.3 Å². The lowest BCUT2D eigenvalue weighted by atomic mass is 9.88. The lowest BCUT2D eigenvalue weighted by Gasteiger charge is -2.35. The maximum Gasteiger partial charge on any atom is 0.410 e. The number of nitrogens with one attached hydrogen (secondary N) is 4. The fourth-order valence-electron chi connectivity index (χ4n) is 9.56. The molecule has 0 aliphatic carbocycles. The van der Waals surface area contributed by atoms with Gasteiger partial charge in [0.05, 0.1) is 30.5 Å². The van der Waals surface area contributed by atoms with Crippen LogP contribution in [0.5, 0.6) is 0 Å². The number of amides is 4. The maximum atomic E-state index is 14.0. The van der Waals surface area contributed by atoms with Crippen LogP contribution < -0.4 is 10.6 Å². The van der Waals surface area contributed by atoms with E-state index in [0.717, 1.165) is 28.3 Å². The molecule has 0 saturated carbocycles. The summed E-state index contributed by atoms with van der Waals surface area (Å²) in [6, 6.07) is 25.6. The van der Waals surface area contributed by atoms with E-state index in [4.69, 9.17) is 23.1 Å². The number of H-pyrrole nitrogens is 2. The van der Waals surface area contributed by atoms with Gasteiger partial charge in [-0.05, 0) is 113 Å². The van der Waals surface area contributed by atoms with Gasteiger partial charge in [0, 0.05) is 72.2 Å². The number of likely N-dealkylation sites (tertiary alicyclic amines) is 2. The monoisotopic (exact) mass is 1090 g/mol. The molecule has 18 nitrogen and oxygen atoms in total. The summed E-state index contributed by atoms with van der Waals surface area (Å²) in [4.78, 5) is 60.6. The molecule has 4 aromatic carbocycles. The summed E-state index contributed by atoms with van der Waals surface area (Å²) in [5, 5.41) is 17.9. The molecule has 2 aliphatic rings. The Morgan fingerprint density at radius 1 is 0.662 bits per heavy atom. The summed E-state index contributed by atoms with van der Waals surface area (Å²) in [6.45, 7) is 11.2. The highest BCUT2D eigenvalue weighted by Gasteiger charge is 2.47. The van der Waals surface area contributed by atoms with Gasteiger partial charge in [-0.15, -0.1) is 0 Å². The van der Waals surface area contributed by atoms with E-state index in [2.05, 4.69) is 20.6 Å². The fourth-order valence-corrected chi connectivity index (χ4v) is 10.2. The van der Waals surface area contributed by atoms with Crippen LogP contribution in [0.15, 0.2) is 109 Å². The van der Waals surface area contributed by atoms with Gasteiger partial charge in [-0.25, -0.2) is 28.0 Å². The van der Waals surface area contributed by atoms with Crippen LogP contribution in [0.2, 0.25) is 0 Å². The van der Waals surface area contributed by atoms with Crippen LogP contribution in [0.25, 0.3) is 21.8 Å². The molecule has 4 heterocycles. The van der Waals surface area contributed by atoms with Gasteiger partial charge in [0.2, 0.25) is 0 Å². The van der Waals surface area contributed by atoms with Gasteiger partial charge in [0.1, 0.15) is 36.1 Å². The Hall–Kier alpha value is -7.23. The third-order valence-electron chi connectivity index (χ3n) is 12.7. The second kappa shape index (κ2) is 25.3. The second-order valence-electron chi connectivity index (χ2n) is 20.8. The number of aliphatic hydroxyl groups is 1. The van der Waals surface area contributed by atoms with E-state index in [0.29, 0.717) is 34.9 Å². The van der Waals surface area contributed by atoms with Gasteiger partial charge in [0.15, 0.2) is 0 Å². The number of halogens is 2. The highest BCUT2D eigenvalue weighted by molar-refractivity contribution is 7.86. The van der Waals surface area contributed by atoms with Gasteiger partial charge in [-0.2, -0.15) is 8.42 Å². The summed E-state index contributed by atoms with van der Waals surface area (Å²) in [5.41, 5.74) is 2.63. The normalized spacial score (nSPS) is 18.4. The average molecular weight is 1090 g/mol. The summed E-state index contributed by atoms with van der Waals surface area (Å²) < 4.78 is 79.5. The van der Waals surface area contributed by atoms with E-state index in [1.807, 2.05) is 60.7 Å². The largest absolute Gasteiger partial charge is 0.445 e. The summed E-state index contributed by atoms with van der Waals surface area (Å²) in [5.74, 6) is -2.01. The Labute approximate surface area is 447 Å². The molecular formula is C56H70F2N6O12S. The van der Waals surface area contributed by atoms with Gasteiger partial charge in [-0.1, -0.05) is 68.1 Å². The number of aliphatic hydroxyl groups excluding tert-OH is 1.